The van der Waals surface area contributed by atoms with Crippen molar-refractivity contribution < 1.29 is 43.7 Å². The second-order valence-electron chi connectivity index (χ2n) is 11.5. The summed E-state index contributed by atoms with van der Waals surface area (Å²) >= 11 is 0. The zero-order chi connectivity index (χ0) is 32.3. The van der Waals surface area contributed by atoms with Crippen molar-refractivity contribution >= 4 is 20.3 Å². The molecule has 1 aliphatic carbocycles. The smallest absolute Gasteiger partial charge is 0.497 e. The Hall–Kier alpha value is -2.43. The molecule has 246 valence electrons. The summed E-state index contributed by atoms with van der Waals surface area (Å²) in [4.78, 5) is 0. The Kier molecular flexibility index (Phi) is 10.9. The molecule has 1 heterocycles. The fourth-order valence-electron chi connectivity index (χ4n) is 5.84. The first-order valence-electron chi connectivity index (χ1n) is 14.4. The number of benzene rings is 2. The van der Waals surface area contributed by atoms with Crippen LogP contribution in [0.15, 0.2) is 48.5 Å². The average Bonchev–Trinajstić information content (AvgIpc) is 3.34. The maximum Gasteiger partial charge on any atom is 0.534 e. The molecule has 4 rings (SSSR count). The summed E-state index contributed by atoms with van der Waals surface area (Å²) in [5.74, 6) is 0.315. The first-order chi connectivity index (χ1) is 20.6. The number of rotatable bonds is 12. The van der Waals surface area contributed by atoms with E-state index < -0.39 is 25.8 Å². The normalized spacial score (nSPS) is 25.0. The largest absolute Gasteiger partial charge is 0.534 e. The lowest BCUT2D eigenvalue weighted by Crippen LogP contribution is -2.52. The van der Waals surface area contributed by atoms with Crippen molar-refractivity contribution in [2.75, 3.05) is 27.8 Å². The number of hydrogen-bond acceptors (Lipinski definition) is 8. The van der Waals surface area contributed by atoms with E-state index in [1.807, 2.05) is 19.1 Å². The molecule has 0 spiro atoms. The van der Waals surface area contributed by atoms with Crippen LogP contribution < -0.4 is 14.2 Å². The van der Waals surface area contributed by atoms with Gasteiger partial charge in [-0.15, -0.1) is 0 Å². The molecule has 1 aliphatic heterocycles. The van der Waals surface area contributed by atoms with Crippen LogP contribution in [0, 0.1) is 0 Å². The van der Waals surface area contributed by atoms with Gasteiger partial charge in [0, 0.05) is 38.8 Å². The molecule has 1 saturated heterocycles. The fourth-order valence-corrected chi connectivity index (χ4v) is 7.59. The highest BCUT2D eigenvalue weighted by atomic mass is 32.2. The van der Waals surface area contributed by atoms with Gasteiger partial charge < -0.3 is 19.0 Å². The summed E-state index contributed by atoms with van der Waals surface area (Å²) in [5.41, 5.74) is -3.97. The Labute approximate surface area is 257 Å². The lowest BCUT2D eigenvalue weighted by molar-refractivity contribution is -0.0500. The van der Waals surface area contributed by atoms with Crippen molar-refractivity contribution in [2.45, 2.75) is 81.2 Å². The molecule has 1 N–H and O–H groups in total. The van der Waals surface area contributed by atoms with Crippen LogP contribution in [0.1, 0.15) is 56.1 Å². The van der Waals surface area contributed by atoms with Crippen molar-refractivity contribution in [1.82, 2.24) is 13.9 Å². The van der Waals surface area contributed by atoms with Gasteiger partial charge in [-0.25, -0.2) is 0 Å². The Bertz CT molecular complexity index is 1460. The van der Waals surface area contributed by atoms with Gasteiger partial charge in [0.2, 0.25) is 0 Å². The molecule has 0 unspecified atom stereocenters. The number of alkyl halides is 3. The van der Waals surface area contributed by atoms with Gasteiger partial charge in [-0.05, 0) is 80.3 Å². The van der Waals surface area contributed by atoms with E-state index in [0.29, 0.717) is 50.0 Å². The van der Waals surface area contributed by atoms with Crippen LogP contribution in [0.25, 0.3) is 0 Å². The van der Waals surface area contributed by atoms with E-state index in [9.17, 15) is 30.0 Å². The Morgan fingerprint density at radius 1 is 0.955 bits per heavy atom. The molecular weight excluding hydrogens is 623 g/mol. The summed E-state index contributed by atoms with van der Waals surface area (Å²) in [5, 5.41) is 3.50. The molecule has 2 aromatic carbocycles. The van der Waals surface area contributed by atoms with Gasteiger partial charge in [0.15, 0.2) is 0 Å². The monoisotopic (exact) mass is 663 g/mol. The lowest BCUT2D eigenvalue weighted by Gasteiger charge is -2.35. The van der Waals surface area contributed by atoms with Crippen LogP contribution in [0.4, 0.5) is 13.2 Å². The van der Waals surface area contributed by atoms with Crippen molar-refractivity contribution in [1.29, 1.82) is 0 Å². The first-order valence-corrected chi connectivity index (χ1v) is 17.2. The number of hydrogen-bond donors (Lipinski definition) is 1. The minimum Gasteiger partial charge on any atom is -0.497 e. The quantitative estimate of drug-likeness (QED) is 0.263. The Balaban J connectivity index is 1.38. The zero-order valence-corrected chi connectivity index (χ0v) is 26.8. The number of nitrogens with zero attached hydrogens (tertiary/aromatic N) is 2. The topological polar surface area (TPSA) is 114 Å². The first kappa shape index (κ1) is 34.4. The summed E-state index contributed by atoms with van der Waals surface area (Å²) in [6, 6.07) is 12.6. The average molecular weight is 664 g/mol. The van der Waals surface area contributed by atoms with Crippen LogP contribution >= 0.6 is 0 Å². The summed E-state index contributed by atoms with van der Waals surface area (Å²) < 4.78 is 107. The van der Waals surface area contributed by atoms with E-state index >= 15 is 0 Å². The second kappa shape index (κ2) is 13.9. The van der Waals surface area contributed by atoms with Gasteiger partial charge in [-0.2, -0.15) is 38.6 Å². The maximum absolute atomic E-state index is 13.5. The minimum atomic E-state index is -5.75. The summed E-state index contributed by atoms with van der Waals surface area (Å²) in [6.07, 6.45) is 3.31. The third kappa shape index (κ3) is 8.23. The molecule has 0 bridgehead atoms. The molecule has 1 saturated carbocycles. The lowest BCUT2D eigenvalue weighted by atomic mass is 9.82. The molecule has 0 radical (unpaired) electrons. The number of halogens is 3. The third-order valence-electron chi connectivity index (χ3n) is 8.19. The number of methoxy groups -OCH3 is 1. The Morgan fingerprint density at radius 2 is 1.61 bits per heavy atom. The van der Waals surface area contributed by atoms with Gasteiger partial charge >= 0.3 is 15.6 Å². The van der Waals surface area contributed by atoms with Crippen LogP contribution in [0.5, 0.6) is 11.5 Å². The van der Waals surface area contributed by atoms with Gasteiger partial charge in [-0.1, -0.05) is 24.3 Å². The molecule has 3 atom stereocenters. The minimum absolute atomic E-state index is 0.00888. The van der Waals surface area contributed by atoms with Crippen LogP contribution in [0.3, 0.4) is 0 Å². The van der Waals surface area contributed by atoms with Gasteiger partial charge in [-0.3, -0.25) is 0 Å². The molecule has 44 heavy (non-hydrogen) atoms. The van der Waals surface area contributed by atoms with E-state index in [2.05, 4.69) is 9.50 Å². The van der Waals surface area contributed by atoms with E-state index in [-0.39, 0.29) is 42.4 Å². The zero-order valence-electron chi connectivity index (χ0n) is 25.2. The highest BCUT2D eigenvalue weighted by Crippen LogP contribution is 2.37. The van der Waals surface area contributed by atoms with Crippen molar-refractivity contribution in [3.8, 4) is 11.5 Å². The Morgan fingerprint density at radius 3 is 2.20 bits per heavy atom. The number of ether oxygens (including phenoxy) is 2. The third-order valence-corrected chi connectivity index (χ3v) is 11.1. The fraction of sp³-hybridized carbons (Fsp3) is 0.586. The van der Waals surface area contributed by atoms with E-state index in [1.54, 1.807) is 25.3 Å². The molecule has 0 aromatic heterocycles. The van der Waals surface area contributed by atoms with Crippen LogP contribution in [0.2, 0.25) is 0 Å². The van der Waals surface area contributed by atoms with Crippen molar-refractivity contribution in [3.05, 3.63) is 59.7 Å². The predicted octanol–water partition coefficient (Wildman–Crippen LogP) is 4.39. The summed E-state index contributed by atoms with van der Waals surface area (Å²) in [6.45, 7) is 2.52. The SMILES string of the molecule is COc1ccc(CN([C@H]2C[C@@H](C)N[C@H]2COC2CCC(c3cccc(OS(=O)(=O)C(F)(F)F)c3)CC2)S(=O)(=O)N(C)C)cc1. The van der Waals surface area contributed by atoms with Crippen LogP contribution in [-0.2, 0) is 31.6 Å². The van der Waals surface area contributed by atoms with Gasteiger partial charge in [0.25, 0.3) is 10.2 Å². The molecule has 0 amide bonds. The molecule has 2 aliphatic rings. The van der Waals surface area contributed by atoms with Crippen LogP contribution in [-0.4, -0.2) is 83.0 Å². The van der Waals surface area contributed by atoms with E-state index in [1.165, 1.54) is 40.9 Å². The highest BCUT2D eigenvalue weighted by Gasteiger charge is 2.48. The predicted molar refractivity (Wildman–Crippen MR) is 159 cm³/mol. The maximum atomic E-state index is 13.5. The highest BCUT2D eigenvalue weighted by molar-refractivity contribution is 7.88. The number of nitrogens with one attached hydrogen (secondary N) is 1. The summed E-state index contributed by atoms with van der Waals surface area (Å²) in [7, 11) is -4.91. The van der Waals surface area contributed by atoms with Crippen molar-refractivity contribution in [2.24, 2.45) is 0 Å². The standard InChI is InChI=1S/C29H40F3N3O7S2/c1-20-16-28(35(44(38,39)34(2)3)18-21-8-12-24(40-4)13-9-21)27(33-20)19-41-25-14-10-22(11-15-25)23-6-5-7-26(17-23)42-43(36,37)29(30,31)32/h5-9,12-13,17,20,22,25,27-28,33H,10-11,14-16,18-19H2,1-4H3/t20-,22?,25?,27+,28+/m1/s1. The van der Waals surface area contributed by atoms with Gasteiger partial charge in [0.1, 0.15) is 11.5 Å². The van der Waals surface area contributed by atoms with E-state index in [0.717, 1.165) is 5.56 Å². The molecular formula is C29H40F3N3O7S2. The van der Waals surface area contributed by atoms with Gasteiger partial charge in [0.05, 0.1) is 19.8 Å². The molecule has 2 fully saturated rings. The molecule has 2 aromatic rings. The van der Waals surface area contributed by atoms with E-state index in [4.69, 9.17) is 9.47 Å². The van der Waals surface area contributed by atoms with Crippen molar-refractivity contribution in [3.63, 3.8) is 0 Å². The molecule has 10 nitrogen and oxygen atoms in total. The second-order valence-corrected chi connectivity index (χ2v) is 15.2. The molecule has 15 heteroatoms.